The molecule has 2 aromatic carbocycles. The molecular formula is C18H20O6S. The summed E-state index contributed by atoms with van der Waals surface area (Å²) in [6, 6.07) is 10.7. The third-order valence-electron chi connectivity index (χ3n) is 3.56. The van der Waals surface area contributed by atoms with Crippen molar-refractivity contribution in [1.29, 1.82) is 0 Å². The minimum atomic E-state index is -3.75. The van der Waals surface area contributed by atoms with Crippen LogP contribution >= 0.6 is 0 Å². The summed E-state index contributed by atoms with van der Waals surface area (Å²) >= 11 is 0. The smallest absolute Gasteiger partial charge is 0.303 e. The third-order valence-corrected chi connectivity index (χ3v) is 5.31. The number of hydrogen-bond donors (Lipinski definition) is 1. The molecule has 0 saturated carbocycles. The zero-order chi connectivity index (χ0) is 18.4. The molecule has 2 rings (SSSR count). The molecule has 0 aliphatic heterocycles. The third kappa shape index (κ3) is 4.73. The van der Waals surface area contributed by atoms with Gasteiger partial charge in [-0.25, -0.2) is 8.42 Å². The van der Waals surface area contributed by atoms with Crippen LogP contribution in [0.2, 0.25) is 0 Å². The Bertz CT molecular complexity index is 840. The van der Waals surface area contributed by atoms with Crippen molar-refractivity contribution < 1.29 is 27.8 Å². The summed E-state index contributed by atoms with van der Waals surface area (Å²) in [7, 11) is -2.25. The van der Waals surface area contributed by atoms with Crippen LogP contribution in [0.5, 0.6) is 11.5 Å². The van der Waals surface area contributed by atoms with Gasteiger partial charge in [-0.3, -0.25) is 4.79 Å². The monoisotopic (exact) mass is 364 g/mol. The van der Waals surface area contributed by atoms with Crippen molar-refractivity contribution in [1.82, 2.24) is 0 Å². The van der Waals surface area contributed by atoms with Crippen LogP contribution in [0.25, 0.3) is 0 Å². The second kappa shape index (κ2) is 8.02. The van der Waals surface area contributed by atoms with Gasteiger partial charge in [0.05, 0.1) is 23.5 Å². The summed E-state index contributed by atoms with van der Waals surface area (Å²) in [5.41, 5.74) is 0.598. The Morgan fingerprint density at radius 1 is 1.04 bits per heavy atom. The molecule has 0 spiro atoms. The van der Waals surface area contributed by atoms with Crippen molar-refractivity contribution in [3.05, 3.63) is 48.0 Å². The van der Waals surface area contributed by atoms with E-state index in [1.165, 1.54) is 31.4 Å². The second-order valence-corrected chi connectivity index (χ2v) is 7.27. The molecule has 0 fully saturated rings. The zero-order valence-electron chi connectivity index (χ0n) is 14.1. The van der Waals surface area contributed by atoms with Crippen LogP contribution in [0.15, 0.2) is 52.3 Å². The van der Waals surface area contributed by atoms with Gasteiger partial charge < -0.3 is 14.6 Å². The number of sulfone groups is 1. The lowest BCUT2D eigenvalue weighted by molar-refractivity contribution is -0.136. The first-order chi connectivity index (χ1) is 11.9. The summed E-state index contributed by atoms with van der Waals surface area (Å²) in [4.78, 5) is 11.0. The van der Waals surface area contributed by atoms with E-state index in [4.69, 9.17) is 14.6 Å². The summed E-state index contributed by atoms with van der Waals surface area (Å²) in [5.74, 6) is 0.0167. The number of aliphatic carboxylic acids is 1. The lowest BCUT2D eigenvalue weighted by atomic mass is 10.1. The van der Waals surface area contributed by atoms with Crippen LogP contribution in [0.4, 0.5) is 0 Å². The van der Waals surface area contributed by atoms with Crippen LogP contribution in [0, 0.1) is 0 Å². The van der Waals surface area contributed by atoms with Crippen LogP contribution in [0.3, 0.4) is 0 Å². The molecule has 0 aromatic heterocycles. The molecule has 0 unspecified atom stereocenters. The lowest BCUT2D eigenvalue weighted by Crippen LogP contribution is -2.05. The maximum Gasteiger partial charge on any atom is 0.303 e. The highest BCUT2D eigenvalue weighted by Crippen LogP contribution is 2.28. The van der Waals surface area contributed by atoms with Gasteiger partial charge in [-0.2, -0.15) is 0 Å². The molecule has 0 atom stereocenters. The van der Waals surface area contributed by atoms with Gasteiger partial charge in [0.25, 0.3) is 0 Å². The fourth-order valence-corrected chi connectivity index (χ4v) is 3.67. The number of carbonyl (C=O) groups is 1. The van der Waals surface area contributed by atoms with E-state index in [0.29, 0.717) is 23.7 Å². The highest BCUT2D eigenvalue weighted by Gasteiger charge is 2.20. The Morgan fingerprint density at radius 3 is 2.28 bits per heavy atom. The largest absolute Gasteiger partial charge is 0.497 e. The number of carboxylic acids is 1. The molecule has 0 aliphatic rings. The number of methoxy groups -OCH3 is 1. The number of hydrogen-bond acceptors (Lipinski definition) is 5. The van der Waals surface area contributed by atoms with Gasteiger partial charge in [0.15, 0.2) is 0 Å². The van der Waals surface area contributed by atoms with E-state index < -0.39 is 15.8 Å². The van der Waals surface area contributed by atoms with E-state index in [9.17, 15) is 13.2 Å². The first kappa shape index (κ1) is 18.8. The molecule has 0 radical (unpaired) electrons. The van der Waals surface area contributed by atoms with E-state index >= 15 is 0 Å². The molecule has 134 valence electrons. The topological polar surface area (TPSA) is 89.9 Å². The second-order valence-electron chi connectivity index (χ2n) is 5.32. The quantitative estimate of drug-likeness (QED) is 0.774. The van der Waals surface area contributed by atoms with Crippen molar-refractivity contribution in [2.24, 2.45) is 0 Å². The standard InChI is InChI=1S/C18H20O6S/c1-3-24-15-10-13(4-9-18(19)20)11-17(12-15)25(21,22)16-7-5-14(23-2)6-8-16/h5-8,10-12H,3-4,9H2,1-2H3,(H,19,20). The van der Waals surface area contributed by atoms with Gasteiger partial charge in [0.1, 0.15) is 11.5 Å². The first-order valence-electron chi connectivity index (χ1n) is 7.74. The van der Waals surface area contributed by atoms with Gasteiger partial charge >= 0.3 is 5.97 Å². The van der Waals surface area contributed by atoms with Crippen LogP contribution in [0.1, 0.15) is 18.9 Å². The Morgan fingerprint density at radius 2 is 1.72 bits per heavy atom. The molecule has 0 amide bonds. The van der Waals surface area contributed by atoms with Gasteiger partial charge in [-0.15, -0.1) is 0 Å². The molecule has 7 heteroatoms. The van der Waals surface area contributed by atoms with Crippen molar-refractivity contribution in [2.45, 2.75) is 29.6 Å². The number of rotatable bonds is 8. The number of carboxylic acid groups (broad SMARTS) is 1. The molecular weight excluding hydrogens is 344 g/mol. The summed E-state index contributed by atoms with van der Waals surface area (Å²) in [6.07, 6.45) is 0.138. The molecule has 25 heavy (non-hydrogen) atoms. The highest BCUT2D eigenvalue weighted by atomic mass is 32.2. The molecule has 6 nitrogen and oxygen atoms in total. The van der Waals surface area contributed by atoms with E-state index in [2.05, 4.69) is 0 Å². The summed E-state index contributed by atoms with van der Waals surface area (Å²) < 4.78 is 36.2. The van der Waals surface area contributed by atoms with Crippen molar-refractivity contribution in [2.75, 3.05) is 13.7 Å². The molecule has 0 bridgehead atoms. The molecule has 0 saturated heterocycles. The Balaban J connectivity index is 2.44. The number of aryl methyl sites for hydroxylation is 1. The molecule has 0 aliphatic carbocycles. The minimum Gasteiger partial charge on any atom is -0.497 e. The minimum absolute atomic E-state index is 0.0732. The van der Waals surface area contributed by atoms with Gasteiger partial charge in [-0.05, 0) is 61.4 Å². The van der Waals surface area contributed by atoms with Crippen molar-refractivity contribution in [3.63, 3.8) is 0 Å². The van der Waals surface area contributed by atoms with Gasteiger partial charge in [0, 0.05) is 6.42 Å². The van der Waals surface area contributed by atoms with Crippen LogP contribution in [-0.2, 0) is 21.1 Å². The normalized spacial score (nSPS) is 11.1. The molecule has 2 aromatic rings. The van der Waals surface area contributed by atoms with E-state index in [0.717, 1.165) is 0 Å². The van der Waals surface area contributed by atoms with Gasteiger partial charge in [0.2, 0.25) is 9.84 Å². The van der Waals surface area contributed by atoms with Crippen molar-refractivity contribution in [3.8, 4) is 11.5 Å². The zero-order valence-corrected chi connectivity index (χ0v) is 14.9. The SMILES string of the molecule is CCOc1cc(CCC(=O)O)cc(S(=O)(=O)c2ccc(OC)cc2)c1. The molecule has 0 heterocycles. The van der Waals surface area contributed by atoms with Crippen LogP contribution in [-0.4, -0.2) is 33.2 Å². The Kier molecular flexibility index (Phi) is 6.03. The highest BCUT2D eigenvalue weighted by molar-refractivity contribution is 7.91. The summed E-state index contributed by atoms with van der Waals surface area (Å²) in [6.45, 7) is 2.17. The van der Waals surface area contributed by atoms with Gasteiger partial charge in [-0.1, -0.05) is 0 Å². The fraction of sp³-hybridized carbons (Fsp3) is 0.278. The maximum atomic E-state index is 12.9. The Hall–Kier alpha value is -2.54. The molecule has 1 N–H and O–H groups in total. The van der Waals surface area contributed by atoms with Crippen LogP contribution < -0.4 is 9.47 Å². The maximum absolute atomic E-state index is 12.9. The number of benzene rings is 2. The van der Waals surface area contributed by atoms with E-state index in [1.54, 1.807) is 25.1 Å². The summed E-state index contributed by atoms with van der Waals surface area (Å²) in [5, 5.41) is 8.84. The Labute approximate surface area is 146 Å². The fourth-order valence-electron chi connectivity index (χ4n) is 2.32. The van der Waals surface area contributed by atoms with Crippen molar-refractivity contribution >= 4 is 15.8 Å². The first-order valence-corrected chi connectivity index (χ1v) is 9.23. The van der Waals surface area contributed by atoms with E-state index in [1.807, 2.05) is 0 Å². The van der Waals surface area contributed by atoms with E-state index in [-0.39, 0.29) is 22.6 Å². The average Bonchev–Trinajstić information content (AvgIpc) is 2.60. The predicted molar refractivity (Wildman–Crippen MR) is 92.0 cm³/mol. The average molecular weight is 364 g/mol. The number of ether oxygens (including phenoxy) is 2. The predicted octanol–water partition coefficient (Wildman–Crippen LogP) is 2.94. The lowest BCUT2D eigenvalue weighted by Gasteiger charge is -2.11.